The molecule has 0 bridgehead atoms. The van der Waals surface area contributed by atoms with Gasteiger partial charge >= 0.3 is 0 Å². The lowest BCUT2D eigenvalue weighted by molar-refractivity contribution is 0.283. The van der Waals surface area contributed by atoms with Gasteiger partial charge in [0.15, 0.2) is 23.0 Å². The van der Waals surface area contributed by atoms with Crippen LogP contribution in [0.2, 0.25) is 0 Å². The lowest BCUT2D eigenvalue weighted by atomic mass is 9.72. The van der Waals surface area contributed by atoms with Gasteiger partial charge < -0.3 is 20.4 Å². The molecule has 4 N–H and O–H groups in total. The Hall–Kier alpha value is -8.74. The lowest BCUT2D eigenvalue weighted by Gasteiger charge is -2.42. The van der Waals surface area contributed by atoms with Gasteiger partial charge in [-0.15, -0.1) is 60.0 Å². The first-order chi connectivity index (χ1) is 45.6. The Morgan fingerprint density at radius 2 is 0.408 bits per heavy atom. The molecule has 514 valence electrons. The summed E-state index contributed by atoms with van der Waals surface area (Å²) in [5.41, 5.74) is 6.73. The van der Waals surface area contributed by atoms with Gasteiger partial charge in [0.25, 0.3) is 0 Å². The fourth-order valence-corrected chi connectivity index (χ4v) is 23.6. The zero-order chi connectivity index (χ0) is 70.8. The van der Waals surface area contributed by atoms with E-state index < -0.39 is 41.5 Å². The monoisotopic (exact) mass is 1350 g/mol. The van der Waals surface area contributed by atoms with E-state index in [-0.39, 0.29) is 44.7 Å². The first kappa shape index (κ1) is 69.2. The molecule has 0 aliphatic heterocycles. The molecule has 8 aromatic carbocycles. The minimum atomic E-state index is -2.44. The van der Waals surface area contributed by atoms with Crippen LogP contribution in [0.4, 0.5) is 0 Å². The quantitative estimate of drug-likeness (QED) is 0.0372. The average Bonchev–Trinajstić information content (AvgIpc) is 0.883. The van der Waals surface area contributed by atoms with E-state index in [1.165, 1.54) is 19.2 Å². The van der Waals surface area contributed by atoms with Gasteiger partial charge in [-0.2, -0.15) is 19.9 Å². The van der Waals surface area contributed by atoms with E-state index in [1.807, 2.05) is 121 Å². The van der Waals surface area contributed by atoms with Gasteiger partial charge in [0.2, 0.25) is 0 Å². The Bertz CT molecular complexity index is 4270. The van der Waals surface area contributed by atoms with Crippen LogP contribution in [0.25, 0.3) is 66.9 Å². The molecule has 0 saturated heterocycles. The highest BCUT2D eigenvalue weighted by Gasteiger charge is 2.41. The molecule has 4 heterocycles. The second-order valence-electron chi connectivity index (χ2n) is 34.5. The van der Waals surface area contributed by atoms with Gasteiger partial charge in [0.1, 0.15) is 66.9 Å². The minimum absolute atomic E-state index is 0.143. The molecule has 0 spiro atoms. The highest BCUT2D eigenvalue weighted by Crippen LogP contribution is 2.78. The standard InChI is InChI=1S/C80H98N12O4S2/c1-73(2,3)45-77(13,14)49-37-61(89-81-53-29-21-22-30-54(53)82-89)69(93)65(41-49)97(66-42-50(78(15,16)46-74(4,5)6)38-62(70(66)94)90-83-55-31-23-24-32-56(55)84-90)98(67-43-51(79(17,18)47-75(7,8)9)39-63(71(67)95)91-85-57-33-25-26-34-58(57)86-91)68-44-52(80(19,20)48-76(10,11)12)40-64(72(68)96)92-87-59-35-27-28-36-60(59)88-92/h21-44,93-98H,45-48H2,1-20H3. The SMILES string of the molecule is CC(C)(C)CC(C)(C)c1cc(-n2nc3ccccc3n2)c(O)c([SH](c2cc(C(C)(C)CC(C)(C)C)cc(-n3nc4ccccc4n3)c2O)[SH](c2cc(C(C)(C)CC(C)(C)C)cc(-n3nc4ccccc4n3)c2O)c2cc(C(C)(C)CC(C)(C)C)cc(-n3nc4ccccc4n3)c2O)c1. The van der Waals surface area contributed by atoms with Crippen LogP contribution in [0.15, 0.2) is 165 Å². The zero-order valence-electron chi connectivity index (χ0n) is 60.7. The van der Waals surface area contributed by atoms with E-state index in [4.69, 9.17) is 40.8 Å². The summed E-state index contributed by atoms with van der Waals surface area (Å²) in [6.07, 6.45) is 2.87. The molecule has 0 atom stereocenters. The van der Waals surface area contributed by atoms with E-state index in [0.717, 1.165) is 47.9 Å². The van der Waals surface area contributed by atoms with Crippen molar-refractivity contribution >= 4 is 64.0 Å². The summed E-state index contributed by atoms with van der Waals surface area (Å²) in [6, 6.07) is 47.1. The molecule has 0 fully saturated rings. The maximum Gasteiger partial charge on any atom is 0.156 e. The molecule has 18 heteroatoms. The van der Waals surface area contributed by atoms with Gasteiger partial charge in [0.05, 0.1) is 0 Å². The number of aromatic hydroxyl groups is 4. The van der Waals surface area contributed by atoms with Crippen LogP contribution in [0.5, 0.6) is 23.0 Å². The number of nitrogens with zero attached hydrogens (tertiary/aromatic N) is 12. The summed E-state index contributed by atoms with van der Waals surface area (Å²) in [6.45, 7) is 44.7. The third-order valence-corrected chi connectivity index (χ3v) is 25.8. The van der Waals surface area contributed by atoms with Crippen molar-refractivity contribution in [3.63, 3.8) is 0 Å². The smallest absolute Gasteiger partial charge is 0.156 e. The van der Waals surface area contributed by atoms with E-state index >= 15 is 0 Å². The zero-order valence-corrected chi connectivity index (χ0v) is 62.5. The molecule has 0 radical (unpaired) electrons. The van der Waals surface area contributed by atoms with Gasteiger partial charge in [-0.05, 0) is 188 Å². The Labute approximate surface area is 581 Å². The van der Waals surface area contributed by atoms with Crippen molar-refractivity contribution in [1.82, 2.24) is 60.0 Å². The first-order valence-corrected chi connectivity index (χ1v) is 37.4. The van der Waals surface area contributed by atoms with E-state index in [2.05, 4.69) is 163 Å². The Balaban J connectivity index is 1.34. The molecule has 0 unspecified atom stereocenters. The summed E-state index contributed by atoms with van der Waals surface area (Å²) in [5.74, 6) is -0.573. The van der Waals surface area contributed by atoms with Crippen molar-refractivity contribution in [1.29, 1.82) is 0 Å². The van der Waals surface area contributed by atoms with Crippen molar-refractivity contribution in [3.8, 4) is 45.7 Å². The number of benzene rings is 8. The lowest BCUT2D eigenvalue weighted by Crippen LogP contribution is -2.26. The van der Waals surface area contributed by atoms with Crippen LogP contribution in [-0.2, 0) is 21.7 Å². The number of hydrogen-bond acceptors (Lipinski definition) is 12. The maximum absolute atomic E-state index is 14.3. The van der Waals surface area contributed by atoms with Crippen molar-refractivity contribution in [2.75, 3.05) is 0 Å². The molecule has 12 aromatic rings. The highest BCUT2D eigenvalue weighted by atomic mass is 33.2. The minimum Gasteiger partial charge on any atom is -0.505 e. The van der Waals surface area contributed by atoms with Crippen LogP contribution in [0.1, 0.15) is 186 Å². The number of phenols is 4. The van der Waals surface area contributed by atoms with Crippen molar-refractivity contribution in [3.05, 3.63) is 168 Å². The summed E-state index contributed by atoms with van der Waals surface area (Å²) in [5, 5.41) is 98.3. The molecular weight excluding hydrogens is 1260 g/mol. The molecule has 0 saturated carbocycles. The molecule has 16 nitrogen and oxygen atoms in total. The summed E-state index contributed by atoms with van der Waals surface area (Å²) in [7, 11) is -4.88. The largest absolute Gasteiger partial charge is 0.505 e. The normalized spacial score (nSPS) is 13.6. The van der Waals surface area contributed by atoms with Crippen molar-refractivity contribution < 1.29 is 20.4 Å². The molecule has 0 amide bonds. The number of thiol groups is 2. The maximum atomic E-state index is 14.3. The molecule has 12 rings (SSSR count). The number of phenolic OH excluding ortho intramolecular Hbond substituents is 4. The molecule has 98 heavy (non-hydrogen) atoms. The third-order valence-electron chi connectivity index (χ3n) is 18.4. The Morgan fingerprint density at radius 3 is 0.551 bits per heavy atom. The van der Waals surface area contributed by atoms with Gasteiger partial charge in [-0.3, -0.25) is 0 Å². The molecule has 4 aromatic heterocycles. The van der Waals surface area contributed by atoms with E-state index in [1.54, 1.807) is 0 Å². The molecular formula is C80H98N12O4S2. The van der Waals surface area contributed by atoms with Crippen LogP contribution < -0.4 is 0 Å². The Kier molecular flexibility index (Phi) is 17.4. The number of aromatic nitrogens is 12. The van der Waals surface area contributed by atoms with Gasteiger partial charge in [0, 0.05) is 19.6 Å². The second kappa shape index (κ2) is 24.6. The number of rotatable bonds is 17. The van der Waals surface area contributed by atoms with Crippen molar-refractivity contribution in [2.24, 2.45) is 21.7 Å². The predicted molar refractivity (Wildman–Crippen MR) is 402 cm³/mol. The summed E-state index contributed by atoms with van der Waals surface area (Å²) < 4.78 is 0. The van der Waals surface area contributed by atoms with Gasteiger partial charge in [-0.25, -0.2) is 0 Å². The molecule has 0 aliphatic rings. The van der Waals surface area contributed by atoms with Crippen LogP contribution in [0.3, 0.4) is 0 Å². The number of hydrogen-bond donors (Lipinski definition) is 6. The van der Waals surface area contributed by atoms with Gasteiger partial charge in [-0.1, -0.05) is 187 Å². The average molecular weight is 1360 g/mol. The molecule has 0 aliphatic carbocycles. The van der Waals surface area contributed by atoms with Crippen LogP contribution >= 0.6 is 19.9 Å². The fourth-order valence-electron chi connectivity index (χ4n) is 15.5. The third kappa shape index (κ3) is 14.0. The number of fused-ring (bicyclic) bond motifs is 4. The Morgan fingerprint density at radius 1 is 0.255 bits per heavy atom. The van der Waals surface area contributed by atoms with Crippen LogP contribution in [0, 0.1) is 21.7 Å². The summed E-state index contributed by atoms with van der Waals surface area (Å²) >= 11 is 0. The van der Waals surface area contributed by atoms with Crippen molar-refractivity contribution in [2.45, 2.75) is 205 Å². The topological polar surface area (TPSA) is 204 Å². The fraction of sp³-hybridized carbons (Fsp3) is 0.400. The summed E-state index contributed by atoms with van der Waals surface area (Å²) in [4.78, 5) is 7.89. The van der Waals surface area contributed by atoms with E-state index in [0.29, 0.717) is 86.5 Å². The van der Waals surface area contributed by atoms with E-state index in [9.17, 15) is 20.4 Å². The second-order valence-corrected chi connectivity index (χ2v) is 40.0. The highest BCUT2D eigenvalue weighted by molar-refractivity contribution is 8.93. The van der Waals surface area contributed by atoms with Crippen LogP contribution in [-0.4, -0.2) is 80.4 Å². The predicted octanol–water partition coefficient (Wildman–Crippen LogP) is 19.8. The first-order valence-electron chi connectivity index (χ1n) is 34.0.